The van der Waals surface area contributed by atoms with Gasteiger partial charge in [-0.3, -0.25) is 9.80 Å². The van der Waals surface area contributed by atoms with Crippen LogP contribution in [0, 0.1) is 0 Å². The van der Waals surface area contributed by atoms with Gasteiger partial charge < -0.3 is 0 Å². The second kappa shape index (κ2) is 3.74. The van der Waals surface area contributed by atoms with Crippen LogP contribution in [-0.4, -0.2) is 39.6 Å². The van der Waals surface area contributed by atoms with Crippen LogP contribution >= 0.6 is 0 Å². The predicted molar refractivity (Wildman–Crippen MR) is 67.0 cm³/mol. The third-order valence-corrected chi connectivity index (χ3v) is 4.48. The first-order chi connectivity index (χ1) is 6.62. The lowest BCUT2D eigenvalue weighted by atomic mass is 9.81. The topological polar surface area (TPSA) is 6.48 Å². The van der Waals surface area contributed by atoms with E-state index in [0.717, 1.165) is 6.67 Å². The molecular weight excluding hydrogens is 184 g/mol. The van der Waals surface area contributed by atoms with E-state index in [0.29, 0.717) is 12.1 Å². The molecule has 2 nitrogen and oxygen atoms in total. The summed E-state index contributed by atoms with van der Waals surface area (Å²) in [5.74, 6) is 0. The summed E-state index contributed by atoms with van der Waals surface area (Å²) in [6.45, 7) is 19.7. The summed E-state index contributed by atoms with van der Waals surface area (Å²) in [7, 11) is 0. The molecule has 0 unspecified atom stereocenters. The van der Waals surface area contributed by atoms with E-state index in [9.17, 15) is 0 Å². The van der Waals surface area contributed by atoms with Crippen LogP contribution in [0.15, 0.2) is 0 Å². The molecule has 1 aliphatic heterocycles. The summed E-state index contributed by atoms with van der Waals surface area (Å²) >= 11 is 0. The van der Waals surface area contributed by atoms with Gasteiger partial charge >= 0.3 is 0 Å². The molecule has 0 spiro atoms. The number of hydrogen-bond donors (Lipinski definition) is 0. The number of hydrogen-bond acceptors (Lipinski definition) is 2. The smallest absolute Gasteiger partial charge is 0.0522 e. The van der Waals surface area contributed by atoms with Gasteiger partial charge in [0.1, 0.15) is 0 Å². The van der Waals surface area contributed by atoms with Crippen molar-refractivity contribution < 1.29 is 0 Å². The first-order valence-corrected chi connectivity index (χ1v) is 6.16. The second-order valence-corrected chi connectivity index (χ2v) is 6.39. The lowest BCUT2D eigenvalue weighted by Gasteiger charge is -2.44. The van der Waals surface area contributed by atoms with Gasteiger partial charge in [-0.15, -0.1) is 0 Å². The third-order valence-electron chi connectivity index (χ3n) is 4.48. The third kappa shape index (κ3) is 1.83. The summed E-state index contributed by atoms with van der Waals surface area (Å²) in [4.78, 5) is 5.21. The number of rotatable bonds is 2. The Bertz CT molecular complexity index is 205. The quantitative estimate of drug-likeness (QED) is 0.694. The summed E-state index contributed by atoms with van der Waals surface area (Å²) in [5, 5.41) is 0. The zero-order valence-corrected chi connectivity index (χ0v) is 11.8. The van der Waals surface area contributed by atoms with Crippen LogP contribution in [0.25, 0.3) is 0 Å². The van der Waals surface area contributed by atoms with E-state index in [1.54, 1.807) is 0 Å². The van der Waals surface area contributed by atoms with Crippen molar-refractivity contribution in [2.45, 2.75) is 78.6 Å². The highest BCUT2D eigenvalue weighted by Gasteiger charge is 2.53. The predicted octanol–water partition coefficient (Wildman–Crippen LogP) is 2.94. The van der Waals surface area contributed by atoms with E-state index < -0.39 is 0 Å². The molecule has 0 aliphatic carbocycles. The minimum atomic E-state index is 0.242. The molecule has 0 saturated carbocycles. The fraction of sp³-hybridized carbons (Fsp3) is 1.00. The van der Waals surface area contributed by atoms with E-state index >= 15 is 0 Å². The van der Waals surface area contributed by atoms with E-state index in [4.69, 9.17) is 0 Å². The van der Waals surface area contributed by atoms with Crippen LogP contribution in [0.2, 0.25) is 0 Å². The van der Waals surface area contributed by atoms with Gasteiger partial charge in [0.05, 0.1) is 6.67 Å². The Hall–Kier alpha value is -0.0800. The molecule has 1 fully saturated rings. The molecule has 0 aromatic heterocycles. The molecule has 0 amide bonds. The molecule has 2 heteroatoms. The van der Waals surface area contributed by atoms with Gasteiger partial charge in [0, 0.05) is 23.2 Å². The Morgan fingerprint density at radius 3 is 1.13 bits per heavy atom. The monoisotopic (exact) mass is 212 g/mol. The minimum Gasteiger partial charge on any atom is -0.281 e. The standard InChI is InChI=1S/C13H28N2/c1-10(2)14-9-15(11(3)4)13(7,8)12(14,5)6/h10-11H,9H2,1-8H3. The minimum absolute atomic E-state index is 0.242. The molecule has 1 rings (SSSR count). The van der Waals surface area contributed by atoms with Crippen molar-refractivity contribution in [2.75, 3.05) is 6.67 Å². The molecule has 1 heterocycles. The van der Waals surface area contributed by atoms with Crippen LogP contribution in [0.3, 0.4) is 0 Å². The molecular formula is C13H28N2. The van der Waals surface area contributed by atoms with Crippen molar-refractivity contribution in [3.8, 4) is 0 Å². The Labute approximate surface area is 95.6 Å². The second-order valence-electron chi connectivity index (χ2n) is 6.39. The van der Waals surface area contributed by atoms with Crippen molar-refractivity contribution in [2.24, 2.45) is 0 Å². The molecule has 0 aromatic rings. The van der Waals surface area contributed by atoms with Gasteiger partial charge in [-0.1, -0.05) is 0 Å². The lowest BCUT2D eigenvalue weighted by molar-refractivity contribution is 0.0813. The molecule has 1 saturated heterocycles. The first-order valence-electron chi connectivity index (χ1n) is 6.16. The summed E-state index contributed by atoms with van der Waals surface area (Å²) in [5.41, 5.74) is 0.483. The van der Waals surface area contributed by atoms with Crippen LogP contribution in [0.1, 0.15) is 55.4 Å². The maximum Gasteiger partial charge on any atom is 0.0522 e. The SMILES string of the molecule is CC(C)N1CN(C(C)C)C(C)(C)C1(C)C. The fourth-order valence-corrected chi connectivity index (χ4v) is 2.84. The number of nitrogens with zero attached hydrogens (tertiary/aromatic N) is 2. The van der Waals surface area contributed by atoms with Crippen LogP contribution in [0.5, 0.6) is 0 Å². The van der Waals surface area contributed by atoms with E-state index in [2.05, 4.69) is 65.2 Å². The average molecular weight is 212 g/mol. The summed E-state index contributed by atoms with van der Waals surface area (Å²) in [6, 6.07) is 1.23. The van der Waals surface area contributed by atoms with Gasteiger partial charge in [0.15, 0.2) is 0 Å². The van der Waals surface area contributed by atoms with Gasteiger partial charge in [0.2, 0.25) is 0 Å². The fourth-order valence-electron chi connectivity index (χ4n) is 2.84. The van der Waals surface area contributed by atoms with Gasteiger partial charge in [-0.2, -0.15) is 0 Å². The van der Waals surface area contributed by atoms with Crippen LogP contribution in [0.4, 0.5) is 0 Å². The van der Waals surface area contributed by atoms with Crippen molar-refractivity contribution in [3.63, 3.8) is 0 Å². The summed E-state index contributed by atoms with van der Waals surface area (Å²) < 4.78 is 0. The van der Waals surface area contributed by atoms with Crippen molar-refractivity contribution in [3.05, 3.63) is 0 Å². The molecule has 0 aromatic carbocycles. The first kappa shape index (κ1) is 13.0. The van der Waals surface area contributed by atoms with Gasteiger partial charge in [-0.05, 0) is 55.4 Å². The molecule has 0 radical (unpaired) electrons. The maximum absolute atomic E-state index is 2.60. The highest BCUT2D eigenvalue weighted by molar-refractivity contribution is 5.09. The summed E-state index contributed by atoms with van der Waals surface area (Å²) in [6.07, 6.45) is 0. The highest BCUT2D eigenvalue weighted by atomic mass is 15.5. The molecule has 0 atom stereocenters. The Balaban J connectivity index is 3.04. The van der Waals surface area contributed by atoms with E-state index in [-0.39, 0.29) is 11.1 Å². The van der Waals surface area contributed by atoms with Crippen molar-refractivity contribution >= 4 is 0 Å². The zero-order valence-electron chi connectivity index (χ0n) is 11.8. The van der Waals surface area contributed by atoms with Gasteiger partial charge in [-0.25, -0.2) is 0 Å². The van der Waals surface area contributed by atoms with Crippen molar-refractivity contribution in [1.82, 2.24) is 9.80 Å². The van der Waals surface area contributed by atoms with E-state index in [1.807, 2.05) is 0 Å². The Morgan fingerprint density at radius 2 is 1.00 bits per heavy atom. The van der Waals surface area contributed by atoms with Gasteiger partial charge in [0.25, 0.3) is 0 Å². The molecule has 0 N–H and O–H groups in total. The van der Waals surface area contributed by atoms with Crippen molar-refractivity contribution in [1.29, 1.82) is 0 Å². The van der Waals surface area contributed by atoms with Crippen LogP contribution < -0.4 is 0 Å². The largest absolute Gasteiger partial charge is 0.281 e. The maximum atomic E-state index is 2.60. The molecule has 0 bridgehead atoms. The molecule has 1 aliphatic rings. The molecule has 15 heavy (non-hydrogen) atoms. The lowest BCUT2D eigenvalue weighted by Crippen LogP contribution is -2.56. The Kier molecular flexibility index (Phi) is 3.24. The zero-order chi connectivity index (χ0) is 12.0. The Morgan fingerprint density at radius 1 is 0.733 bits per heavy atom. The average Bonchev–Trinajstić information content (AvgIpc) is 2.19. The normalized spacial score (nSPS) is 26.8. The highest BCUT2D eigenvalue weighted by Crippen LogP contribution is 2.41. The van der Waals surface area contributed by atoms with E-state index in [1.165, 1.54) is 0 Å². The van der Waals surface area contributed by atoms with Crippen LogP contribution in [-0.2, 0) is 0 Å². The molecule has 90 valence electrons.